The van der Waals surface area contributed by atoms with E-state index in [0.29, 0.717) is 23.5 Å². The van der Waals surface area contributed by atoms with E-state index < -0.39 is 0 Å². The van der Waals surface area contributed by atoms with Crippen LogP contribution < -0.4 is 20.7 Å². The van der Waals surface area contributed by atoms with Gasteiger partial charge in [0.15, 0.2) is 0 Å². The zero-order valence-electron chi connectivity index (χ0n) is 18.0. The van der Waals surface area contributed by atoms with Gasteiger partial charge in [-0.3, -0.25) is 9.59 Å². The quantitative estimate of drug-likeness (QED) is 0.482. The first-order chi connectivity index (χ1) is 15.0. The molecule has 3 aromatic carbocycles. The molecule has 0 fully saturated rings. The topological polar surface area (TPSA) is 79.5 Å². The highest BCUT2D eigenvalue weighted by Gasteiger charge is 2.13. The predicted octanol–water partition coefficient (Wildman–Crippen LogP) is 5.01. The van der Waals surface area contributed by atoms with E-state index in [1.54, 1.807) is 42.5 Å². The number of anilines is 3. The van der Waals surface area contributed by atoms with Crippen molar-refractivity contribution in [2.75, 3.05) is 29.1 Å². The summed E-state index contributed by atoms with van der Waals surface area (Å²) in [5.74, 6) is 0.305. The van der Waals surface area contributed by atoms with Gasteiger partial charge in [-0.1, -0.05) is 30.3 Å². The fraction of sp³-hybridized carbons (Fsp3) is 0.200. The van der Waals surface area contributed by atoms with E-state index in [-0.39, 0.29) is 18.4 Å². The van der Waals surface area contributed by atoms with Crippen LogP contribution in [0.15, 0.2) is 66.7 Å². The Morgan fingerprint density at radius 1 is 0.839 bits per heavy atom. The molecule has 6 heteroatoms. The van der Waals surface area contributed by atoms with Crippen molar-refractivity contribution in [1.82, 2.24) is 0 Å². The average Bonchev–Trinajstić information content (AvgIpc) is 2.76. The van der Waals surface area contributed by atoms with Crippen LogP contribution in [0, 0.1) is 13.8 Å². The van der Waals surface area contributed by atoms with Crippen LogP contribution in [0.1, 0.15) is 28.4 Å². The third kappa shape index (κ3) is 5.85. The van der Waals surface area contributed by atoms with E-state index in [2.05, 4.69) is 16.0 Å². The first-order valence-electron chi connectivity index (χ1n) is 10.2. The first-order valence-corrected chi connectivity index (χ1v) is 10.2. The largest absolute Gasteiger partial charge is 0.494 e. The minimum atomic E-state index is -0.262. The number of ether oxygens (including phenoxy) is 1. The normalized spacial score (nSPS) is 10.3. The molecule has 0 radical (unpaired) electrons. The maximum atomic E-state index is 12.8. The second-order valence-corrected chi connectivity index (χ2v) is 7.13. The second kappa shape index (κ2) is 10.3. The Morgan fingerprint density at radius 3 is 2.19 bits per heavy atom. The summed E-state index contributed by atoms with van der Waals surface area (Å²) in [4.78, 5) is 25.2. The van der Waals surface area contributed by atoms with Crippen molar-refractivity contribution in [2.45, 2.75) is 20.8 Å². The zero-order valence-corrected chi connectivity index (χ0v) is 18.0. The molecule has 0 aliphatic heterocycles. The lowest BCUT2D eigenvalue weighted by Gasteiger charge is -2.14. The monoisotopic (exact) mass is 417 g/mol. The molecule has 3 rings (SSSR count). The number of hydrogen-bond acceptors (Lipinski definition) is 4. The molecule has 0 heterocycles. The van der Waals surface area contributed by atoms with Crippen LogP contribution in [-0.2, 0) is 4.79 Å². The zero-order chi connectivity index (χ0) is 22.2. The molecular formula is C25H27N3O3. The highest BCUT2D eigenvalue weighted by molar-refractivity contribution is 6.08. The standard InChI is InChI=1S/C25H27N3O3/c1-4-31-20-14-12-19(13-15-20)27-25(30)21-10-5-6-11-22(21)26-16-23(29)28-24-17(2)8-7-9-18(24)3/h5-15,26H,4,16H2,1-3H3,(H,27,30)(H,28,29). The van der Waals surface area contributed by atoms with E-state index in [1.165, 1.54) is 0 Å². The van der Waals surface area contributed by atoms with Gasteiger partial charge in [0.2, 0.25) is 5.91 Å². The van der Waals surface area contributed by atoms with E-state index in [1.807, 2.05) is 45.0 Å². The minimum absolute atomic E-state index is 0.0428. The molecule has 0 aliphatic carbocycles. The molecule has 3 N–H and O–H groups in total. The van der Waals surface area contributed by atoms with Gasteiger partial charge in [-0.15, -0.1) is 0 Å². The molecule has 160 valence electrons. The molecule has 0 saturated carbocycles. The summed E-state index contributed by atoms with van der Waals surface area (Å²) in [6.45, 7) is 6.46. The Morgan fingerprint density at radius 2 is 1.52 bits per heavy atom. The Labute approximate surface area is 182 Å². The lowest BCUT2D eigenvalue weighted by Crippen LogP contribution is -2.24. The van der Waals surface area contributed by atoms with Crippen LogP contribution in [0.5, 0.6) is 5.75 Å². The summed E-state index contributed by atoms with van der Waals surface area (Å²) in [5.41, 5.74) is 4.53. The van der Waals surface area contributed by atoms with Crippen LogP contribution in [0.4, 0.5) is 17.1 Å². The number of nitrogens with one attached hydrogen (secondary N) is 3. The fourth-order valence-electron chi connectivity index (χ4n) is 3.21. The predicted molar refractivity (Wildman–Crippen MR) is 125 cm³/mol. The van der Waals surface area contributed by atoms with Crippen molar-refractivity contribution >= 4 is 28.9 Å². The first kappa shape index (κ1) is 21.9. The molecule has 0 spiro atoms. The van der Waals surface area contributed by atoms with Crippen LogP contribution in [-0.4, -0.2) is 25.0 Å². The number of rotatable bonds is 8. The van der Waals surface area contributed by atoms with Gasteiger partial charge in [0.25, 0.3) is 5.91 Å². The Balaban J connectivity index is 1.64. The Hall–Kier alpha value is -3.80. The van der Waals surface area contributed by atoms with E-state index >= 15 is 0 Å². The molecule has 31 heavy (non-hydrogen) atoms. The van der Waals surface area contributed by atoms with Crippen molar-refractivity contribution < 1.29 is 14.3 Å². The van der Waals surface area contributed by atoms with Crippen LogP contribution >= 0.6 is 0 Å². The van der Waals surface area contributed by atoms with Gasteiger partial charge in [-0.05, 0) is 68.3 Å². The van der Waals surface area contributed by atoms with Crippen LogP contribution in [0.2, 0.25) is 0 Å². The molecule has 6 nitrogen and oxygen atoms in total. The van der Waals surface area contributed by atoms with Gasteiger partial charge in [-0.2, -0.15) is 0 Å². The Bertz CT molecular complexity index is 1040. The van der Waals surface area contributed by atoms with Crippen molar-refractivity contribution in [3.8, 4) is 5.75 Å². The molecule has 0 saturated heterocycles. The summed E-state index contributed by atoms with van der Waals surface area (Å²) in [6.07, 6.45) is 0. The van der Waals surface area contributed by atoms with Crippen LogP contribution in [0.25, 0.3) is 0 Å². The SMILES string of the molecule is CCOc1ccc(NC(=O)c2ccccc2NCC(=O)Nc2c(C)cccc2C)cc1. The fourth-order valence-corrected chi connectivity index (χ4v) is 3.21. The molecule has 0 bridgehead atoms. The number of amides is 2. The van der Waals surface area contributed by atoms with Gasteiger partial charge in [0.05, 0.1) is 18.7 Å². The second-order valence-electron chi connectivity index (χ2n) is 7.13. The number of benzene rings is 3. The molecule has 2 amide bonds. The lowest BCUT2D eigenvalue weighted by molar-refractivity contribution is -0.114. The Kier molecular flexibility index (Phi) is 7.27. The molecule has 0 unspecified atom stereocenters. The maximum absolute atomic E-state index is 12.8. The number of para-hydroxylation sites is 2. The van der Waals surface area contributed by atoms with E-state index in [4.69, 9.17) is 4.74 Å². The lowest BCUT2D eigenvalue weighted by atomic mass is 10.1. The van der Waals surface area contributed by atoms with Crippen molar-refractivity contribution in [3.05, 3.63) is 83.4 Å². The van der Waals surface area contributed by atoms with Crippen molar-refractivity contribution in [1.29, 1.82) is 0 Å². The molecule has 0 aliphatic rings. The summed E-state index contributed by atoms with van der Waals surface area (Å²) >= 11 is 0. The van der Waals surface area contributed by atoms with Crippen molar-refractivity contribution in [2.24, 2.45) is 0 Å². The summed E-state index contributed by atoms with van der Waals surface area (Å²) in [7, 11) is 0. The molecular weight excluding hydrogens is 390 g/mol. The van der Waals surface area contributed by atoms with Gasteiger partial charge in [0, 0.05) is 17.1 Å². The molecule has 0 atom stereocenters. The molecule has 0 aromatic heterocycles. The number of carbonyl (C=O) groups is 2. The smallest absolute Gasteiger partial charge is 0.257 e. The summed E-state index contributed by atoms with van der Waals surface area (Å²) in [5, 5.41) is 8.89. The third-order valence-corrected chi connectivity index (χ3v) is 4.78. The maximum Gasteiger partial charge on any atom is 0.257 e. The average molecular weight is 418 g/mol. The van der Waals surface area contributed by atoms with Gasteiger partial charge in [-0.25, -0.2) is 0 Å². The highest BCUT2D eigenvalue weighted by atomic mass is 16.5. The van der Waals surface area contributed by atoms with Gasteiger partial charge in [0.1, 0.15) is 5.75 Å². The highest BCUT2D eigenvalue weighted by Crippen LogP contribution is 2.21. The molecule has 3 aromatic rings. The number of hydrogen-bond donors (Lipinski definition) is 3. The number of carbonyl (C=O) groups excluding carboxylic acids is 2. The van der Waals surface area contributed by atoms with Gasteiger partial charge >= 0.3 is 0 Å². The number of aryl methyl sites for hydroxylation is 2. The third-order valence-electron chi connectivity index (χ3n) is 4.78. The van der Waals surface area contributed by atoms with E-state index in [0.717, 1.165) is 22.6 Å². The van der Waals surface area contributed by atoms with Gasteiger partial charge < -0.3 is 20.7 Å². The van der Waals surface area contributed by atoms with Crippen LogP contribution in [0.3, 0.4) is 0 Å². The van der Waals surface area contributed by atoms with E-state index in [9.17, 15) is 9.59 Å². The minimum Gasteiger partial charge on any atom is -0.494 e. The van der Waals surface area contributed by atoms with Crippen molar-refractivity contribution in [3.63, 3.8) is 0 Å². The summed E-state index contributed by atoms with van der Waals surface area (Å²) in [6, 6.07) is 20.2. The summed E-state index contributed by atoms with van der Waals surface area (Å²) < 4.78 is 5.42.